The third kappa shape index (κ3) is 2.91. The van der Waals surface area contributed by atoms with Gasteiger partial charge in [0.25, 0.3) is 0 Å². The molecule has 0 bridgehead atoms. The van der Waals surface area contributed by atoms with Gasteiger partial charge in [-0.05, 0) is 13.8 Å². The second kappa shape index (κ2) is 5.76. The van der Waals surface area contributed by atoms with Gasteiger partial charge in [0, 0.05) is 49.8 Å². The lowest BCUT2D eigenvalue weighted by molar-refractivity contribution is -0.0368. The number of rotatable bonds is 4. The smallest absolute Gasteiger partial charge is 0.136 e. The van der Waals surface area contributed by atoms with E-state index >= 15 is 0 Å². The summed E-state index contributed by atoms with van der Waals surface area (Å²) in [7, 11) is 0. The lowest BCUT2D eigenvalue weighted by Gasteiger charge is -2.31. The van der Waals surface area contributed by atoms with Crippen LogP contribution >= 0.6 is 0 Å². The van der Waals surface area contributed by atoms with E-state index in [4.69, 9.17) is 4.74 Å². The molecule has 1 atom stereocenters. The number of H-pyrrole nitrogens is 1. The Hall–Kier alpha value is -1.66. The summed E-state index contributed by atoms with van der Waals surface area (Å²) in [6, 6.07) is 0. The number of imidazole rings is 1. The Morgan fingerprint density at radius 3 is 3.05 bits per heavy atom. The first-order valence-electron chi connectivity index (χ1n) is 7.11. The van der Waals surface area contributed by atoms with E-state index in [-0.39, 0.29) is 6.10 Å². The molecule has 1 aliphatic rings. The maximum atomic E-state index is 5.82. The lowest BCUT2D eigenvalue weighted by Crippen LogP contribution is -2.38. The Morgan fingerprint density at radius 1 is 1.45 bits per heavy atom. The second-order valence-electron chi connectivity index (χ2n) is 5.25. The molecular formula is C14H21N5O. The summed E-state index contributed by atoms with van der Waals surface area (Å²) in [4.78, 5) is 10.0. The molecule has 0 spiro atoms. The van der Waals surface area contributed by atoms with E-state index < -0.39 is 0 Å². The van der Waals surface area contributed by atoms with E-state index in [1.807, 2.05) is 24.0 Å². The molecule has 0 radical (unpaired) electrons. The first-order chi connectivity index (χ1) is 9.74. The van der Waals surface area contributed by atoms with Crippen LogP contribution in [0.2, 0.25) is 0 Å². The molecule has 2 aromatic rings. The zero-order valence-corrected chi connectivity index (χ0v) is 12.0. The monoisotopic (exact) mass is 275 g/mol. The van der Waals surface area contributed by atoms with Gasteiger partial charge in [0.2, 0.25) is 0 Å². The van der Waals surface area contributed by atoms with Crippen LogP contribution in [0.15, 0.2) is 18.6 Å². The predicted octanol–water partition coefficient (Wildman–Crippen LogP) is 1.51. The average Bonchev–Trinajstić information content (AvgIpc) is 3.08. The molecule has 1 aliphatic heterocycles. The Bertz CT molecular complexity index is 561. The van der Waals surface area contributed by atoms with Gasteiger partial charge in [0.1, 0.15) is 11.9 Å². The first kappa shape index (κ1) is 13.3. The summed E-state index contributed by atoms with van der Waals surface area (Å²) < 4.78 is 7.78. The van der Waals surface area contributed by atoms with Crippen LogP contribution in [0, 0.1) is 6.92 Å². The summed E-state index contributed by atoms with van der Waals surface area (Å²) >= 11 is 0. The van der Waals surface area contributed by atoms with Crippen LogP contribution in [0.3, 0.4) is 0 Å². The highest BCUT2D eigenvalue weighted by molar-refractivity contribution is 5.06. The number of morpholine rings is 1. The molecule has 0 aromatic carbocycles. The summed E-state index contributed by atoms with van der Waals surface area (Å²) in [5, 5.41) is 4.32. The van der Waals surface area contributed by atoms with E-state index in [1.54, 1.807) is 0 Å². The van der Waals surface area contributed by atoms with Crippen LogP contribution in [-0.2, 0) is 17.8 Å². The van der Waals surface area contributed by atoms with Crippen LogP contribution in [0.5, 0.6) is 0 Å². The quantitative estimate of drug-likeness (QED) is 0.919. The normalized spacial score (nSPS) is 20.4. The van der Waals surface area contributed by atoms with Gasteiger partial charge in [-0.1, -0.05) is 0 Å². The lowest BCUT2D eigenvalue weighted by atomic mass is 10.2. The maximum Gasteiger partial charge on any atom is 0.136 e. The van der Waals surface area contributed by atoms with Crippen molar-refractivity contribution in [3.63, 3.8) is 0 Å². The highest BCUT2D eigenvalue weighted by atomic mass is 16.5. The molecule has 20 heavy (non-hydrogen) atoms. The standard InChI is InChI=1S/C14H21N5O/c1-3-19-9-12(7-16-19)8-18-4-5-20-13(10-18)14-15-6-11(2)17-14/h6-7,9,13H,3-5,8,10H2,1-2H3,(H,15,17)/t13-/m0/s1. The number of ether oxygens (including phenoxy) is 1. The summed E-state index contributed by atoms with van der Waals surface area (Å²) in [5.74, 6) is 0.927. The third-order valence-electron chi connectivity index (χ3n) is 3.59. The fraction of sp³-hybridized carbons (Fsp3) is 0.571. The SMILES string of the molecule is CCn1cc(CN2CCO[C@H](c3ncc(C)[nH]3)C2)cn1. The van der Waals surface area contributed by atoms with Crippen LogP contribution in [-0.4, -0.2) is 44.3 Å². The number of hydrogen-bond donors (Lipinski definition) is 1. The van der Waals surface area contributed by atoms with Gasteiger partial charge in [-0.3, -0.25) is 9.58 Å². The van der Waals surface area contributed by atoms with Gasteiger partial charge in [0.05, 0.1) is 12.8 Å². The Labute approximate surface area is 118 Å². The zero-order chi connectivity index (χ0) is 13.9. The predicted molar refractivity (Wildman–Crippen MR) is 75.2 cm³/mol. The van der Waals surface area contributed by atoms with E-state index in [0.717, 1.165) is 44.3 Å². The number of nitrogens with one attached hydrogen (secondary N) is 1. The Balaban J connectivity index is 1.63. The number of aromatic amines is 1. The second-order valence-corrected chi connectivity index (χ2v) is 5.25. The minimum absolute atomic E-state index is 0.0404. The van der Waals surface area contributed by atoms with Crippen molar-refractivity contribution >= 4 is 0 Å². The molecule has 3 heterocycles. The molecule has 108 valence electrons. The molecule has 0 amide bonds. The molecular weight excluding hydrogens is 254 g/mol. The molecule has 6 heteroatoms. The largest absolute Gasteiger partial charge is 0.368 e. The van der Waals surface area contributed by atoms with Crippen LogP contribution in [0.1, 0.15) is 30.1 Å². The first-order valence-corrected chi connectivity index (χ1v) is 7.11. The highest BCUT2D eigenvalue weighted by Gasteiger charge is 2.24. The van der Waals surface area contributed by atoms with Crippen molar-refractivity contribution in [3.05, 3.63) is 35.7 Å². The molecule has 1 saturated heterocycles. The van der Waals surface area contributed by atoms with Crippen molar-refractivity contribution in [2.24, 2.45) is 0 Å². The van der Waals surface area contributed by atoms with Crippen molar-refractivity contribution in [1.29, 1.82) is 0 Å². The van der Waals surface area contributed by atoms with Gasteiger partial charge in [-0.2, -0.15) is 5.10 Å². The summed E-state index contributed by atoms with van der Waals surface area (Å²) in [5.41, 5.74) is 2.33. The number of nitrogens with zero attached hydrogens (tertiary/aromatic N) is 4. The zero-order valence-electron chi connectivity index (χ0n) is 12.0. The van der Waals surface area contributed by atoms with Gasteiger partial charge >= 0.3 is 0 Å². The third-order valence-corrected chi connectivity index (χ3v) is 3.59. The van der Waals surface area contributed by atoms with Crippen molar-refractivity contribution in [2.45, 2.75) is 33.0 Å². The molecule has 1 fully saturated rings. The van der Waals surface area contributed by atoms with Crippen molar-refractivity contribution in [2.75, 3.05) is 19.7 Å². The minimum atomic E-state index is 0.0404. The van der Waals surface area contributed by atoms with Crippen LogP contribution < -0.4 is 0 Å². The molecule has 2 aromatic heterocycles. The highest BCUT2D eigenvalue weighted by Crippen LogP contribution is 2.20. The Morgan fingerprint density at radius 2 is 2.35 bits per heavy atom. The number of aryl methyl sites for hydroxylation is 2. The fourth-order valence-corrected chi connectivity index (χ4v) is 2.53. The van der Waals surface area contributed by atoms with Gasteiger partial charge in [-0.15, -0.1) is 0 Å². The number of aromatic nitrogens is 4. The van der Waals surface area contributed by atoms with E-state index in [9.17, 15) is 0 Å². The average molecular weight is 275 g/mol. The van der Waals surface area contributed by atoms with Crippen molar-refractivity contribution in [3.8, 4) is 0 Å². The molecule has 0 aliphatic carbocycles. The summed E-state index contributed by atoms with van der Waals surface area (Å²) in [6.07, 6.45) is 5.95. The molecule has 1 N–H and O–H groups in total. The minimum Gasteiger partial charge on any atom is -0.368 e. The van der Waals surface area contributed by atoms with Gasteiger partial charge in [0.15, 0.2) is 0 Å². The van der Waals surface area contributed by atoms with Gasteiger partial charge in [-0.25, -0.2) is 4.98 Å². The topological polar surface area (TPSA) is 59.0 Å². The fourth-order valence-electron chi connectivity index (χ4n) is 2.53. The maximum absolute atomic E-state index is 5.82. The van der Waals surface area contributed by atoms with E-state index in [1.165, 1.54) is 5.56 Å². The molecule has 0 saturated carbocycles. The van der Waals surface area contributed by atoms with Gasteiger partial charge < -0.3 is 9.72 Å². The van der Waals surface area contributed by atoms with E-state index in [2.05, 4.69) is 33.1 Å². The van der Waals surface area contributed by atoms with E-state index in [0.29, 0.717) is 0 Å². The van der Waals surface area contributed by atoms with Crippen molar-refractivity contribution in [1.82, 2.24) is 24.6 Å². The Kier molecular flexibility index (Phi) is 3.84. The molecule has 6 nitrogen and oxygen atoms in total. The molecule has 3 rings (SSSR count). The summed E-state index contributed by atoms with van der Waals surface area (Å²) in [6.45, 7) is 8.50. The number of hydrogen-bond acceptors (Lipinski definition) is 4. The van der Waals surface area contributed by atoms with Crippen LogP contribution in [0.4, 0.5) is 0 Å². The van der Waals surface area contributed by atoms with Crippen LogP contribution in [0.25, 0.3) is 0 Å². The molecule has 0 unspecified atom stereocenters. The van der Waals surface area contributed by atoms with Crippen molar-refractivity contribution < 1.29 is 4.74 Å².